The van der Waals surface area contributed by atoms with Crippen LogP contribution in [0.25, 0.3) is 0 Å². The average molecular weight is 199 g/mol. The van der Waals surface area contributed by atoms with Gasteiger partial charge in [-0.2, -0.15) is 0 Å². The molecule has 0 spiro atoms. The average Bonchev–Trinajstić information content (AvgIpc) is 2.08. The first-order valence-corrected chi connectivity index (χ1v) is 5.75. The number of nitrogens with two attached hydrogens (primary N) is 1. The maximum Gasteiger partial charge on any atom is 0.0851 e. The zero-order valence-corrected chi connectivity index (χ0v) is 9.47. The first-order valence-electron chi connectivity index (χ1n) is 5.75. The molecular formula is C12H25NO. The Hall–Kier alpha value is -0.500. The van der Waals surface area contributed by atoms with Crippen molar-refractivity contribution in [2.24, 2.45) is 5.73 Å². The van der Waals surface area contributed by atoms with Crippen LogP contribution in [0, 0.1) is 0 Å². The van der Waals surface area contributed by atoms with Gasteiger partial charge in [0.1, 0.15) is 0 Å². The zero-order valence-electron chi connectivity index (χ0n) is 9.47. The molecule has 0 amide bonds. The minimum Gasteiger partial charge on any atom is -0.513 e. The molecule has 0 fully saturated rings. The Morgan fingerprint density at radius 1 is 1.14 bits per heavy atom. The predicted molar refractivity (Wildman–Crippen MR) is 62.4 cm³/mol. The molecule has 0 heterocycles. The molecule has 0 rings (SSSR count). The first kappa shape index (κ1) is 13.5. The lowest BCUT2D eigenvalue weighted by atomic mass is 10.1. The van der Waals surface area contributed by atoms with Gasteiger partial charge in [-0.15, -0.1) is 0 Å². The van der Waals surface area contributed by atoms with Crippen LogP contribution in [-0.4, -0.2) is 11.1 Å². The summed E-state index contributed by atoms with van der Waals surface area (Å²) in [5, 5.41) is 8.85. The minimum absolute atomic E-state index is 0.321. The van der Waals surface area contributed by atoms with Crippen molar-refractivity contribution in [2.45, 2.75) is 64.3 Å². The van der Waals surface area contributed by atoms with Gasteiger partial charge < -0.3 is 10.8 Å². The van der Waals surface area contributed by atoms with E-state index in [1.807, 2.05) is 0 Å². The zero-order chi connectivity index (χ0) is 10.8. The molecule has 1 unspecified atom stereocenters. The Bertz CT molecular complexity index is 143. The highest BCUT2D eigenvalue weighted by Crippen LogP contribution is 2.10. The van der Waals surface area contributed by atoms with Crippen molar-refractivity contribution in [3.8, 4) is 0 Å². The van der Waals surface area contributed by atoms with E-state index >= 15 is 0 Å². The summed E-state index contributed by atoms with van der Waals surface area (Å²) in [7, 11) is 0. The second-order valence-electron chi connectivity index (χ2n) is 4.20. The molecular weight excluding hydrogens is 174 g/mol. The van der Waals surface area contributed by atoms with E-state index in [4.69, 9.17) is 10.8 Å². The molecule has 0 bridgehead atoms. The number of rotatable bonds is 9. The van der Waals surface area contributed by atoms with Gasteiger partial charge in [0.15, 0.2) is 0 Å². The van der Waals surface area contributed by atoms with Crippen LogP contribution in [0.4, 0.5) is 0 Å². The summed E-state index contributed by atoms with van der Waals surface area (Å²) in [5.41, 5.74) is 5.65. The molecule has 3 N–H and O–H groups in total. The second-order valence-corrected chi connectivity index (χ2v) is 4.20. The molecule has 0 radical (unpaired) electrons. The maximum atomic E-state index is 8.85. The topological polar surface area (TPSA) is 46.2 Å². The Morgan fingerprint density at radius 3 is 2.14 bits per heavy atom. The smallest absolute Gasteiger partial charge is 0.0851 e. The monoisotopic (exact) mass is 199 g/mol. The number of hydrogen-bond donors (Lipinski definition) is 2. The third-order valence-corrected chi connectivity index (χ3v) is 2.37. The molecule has 0 saturated carbocycles. The number of allylic oxidation sites excluding steroid dienone is 1. The van der Waals surface area contributed by atoms with Gasteiger partial charge >= 0.3 is 0 Å². The Kier molecular flexibility index (Phi) is 8.75. The van der Waals surface area contributed by atoms with Crippen molar-refractivity contribution in [3.05, 3.63) is 12.3 Å². The molecule has 0 aliphatic carbocycles. The Morgan fingerprint density at radius 2 is 1.64 bits per heavy atom. The van der Waals surface area contributed by atoms with Crippen LogP contribution in [-0.2, 0) is 0 Å². The van der Waals surface area contributed by atoms with E-state index in [1.54, 1.807) is 0 Å². The molecule has 0 aliphatic rings. The summed E-state index contributed by atoms with van der Waals surface area (Å²) in [6.07, 6.45) is 9.30. The second kappa shape index (κ2) is 9.07. The van der Waals surface area contributed by atoms with Crippen LogP contribution < -0.4 is 5.73 Å². The fourth-order valence-electron chi connectivity index (χ4n) is 1.50. The standard InChI is InChI=1S/C12H25NO/c1-11(13)9-7-5-3-4-6-8-10-12(2)14/h11,14H,2-10,13H2,1H3. The molecule has 2 nitrogen and oxygen atoms in total. The van der Waals surface area contributed by atoms with E-state index in [0.717, 1.165) is 19.3 Å². The van der Waals surface area contributed by atoms with Crippen LogP contribution in [0.2, 0.25) is 0 Å². The largest absolute Gasteiger partial charge is 0.513 e. The van der Waals surface area contributed by atoms with Gasteiger partial charge in [0.2, 0.25) is 0 Å². The number of unbranched alkanes of at least 4 members (excludes halogenated alkanes) is 5. The molecule has 1 atom stereocenters. The minimum atomic E-state index is 0.321. The van der Waals surface area contributed by atoms with E-state index < -0.39 is 0 Å². The predicted octanol–water partition coefficient (Wildman–Crippen LogP) is 3.53. The molecule has 14 heavy (non-hydrogen) atoms. The summed E-state index contributed by atoms with van der Waals surface area (Å²) in [5.74, 6) is 0.321. The number of aliphatic hydroxyl groups excluding tert-OH is 1. The number of hydrogen-bond acceptors (Lipinski definition) is 2. The molecule has 0 saturated heterocycles. The normalized spacial score (nSPS) is 12.7. The van der Waals surface area contributed by atoms with Gasteiger partial charge in [-0.25, -0.2) is 0 Å². The Labute approximate surface area is 88.2 Å². The fourth-order valence-corrected chi connectivity index (χ4v) is 1.50. The third-order valence-electron chi connectivity index (χ3n) is 2.37. The molecule has 0 aromatic rings. The van der Waals surface area contributed by atoms with Crippen molar-refractivity contribution in [1.82, 2.24) is 0 Å². The van der Waals surface area contributed by atoms with Crippen molar-refractivity contribution in [1.29, 1.82) is 0 Å². The first-order chi connectivity index (χ1) is 6.63. The van der Waals surface area contributed by atoms with Crippen molar-refractivity contribution in [2.75, 3.05) is 0 Å². The fraction of sp³-hybridized carbons (Fsp3) is 0.833. The summed E-state index contributed by atoms with van der Waals surface area (Å²) < 4.78 is 0. The molecule has 0 aliphatic heterocycles. The van der Waals surface area contributed by atoms with E-state index in [1.165, 1.54) is 32.1 Å². The summed E-state index contributed by atoms with van der Waals surface area (Å²) >= 11 is 0. The highest BCUT2D eigenvalue weighted by atomic mass is 16.3. The van der Waals surface area contributed by atoms with Crippen LogP contribution in [0.1, 0.15) is 58.3 Å². The van der Waals surface area contributed by atoms with Gasteiger partial charge in [-0.3, -0.25) is 0 Å². The molecule has 0 aromatic heterocycles. The van der Waals surface area contributed by atoms with Gasteiger partial charge in [0, 0.05) is 12.5 Å². The van der Waals surface area contributed by atoms with Crippen molar-refractivity contribution >= 4 is 0 Å². The highest BCUT2D eigenvalue weighted by Gasteiger charge is 1.95. The quantitative estimate of drug-likeness (QED) is 0.441. The SMILES string of the molecule is C=C(O)CCCCCCCCC(C)N. The maximum absolute atomic E-state index is 8.85. The summed E-state index contributed by atoms with van der Waals surface area (Å²) in [6.45, 7) is 5.53. The highest BCUT2D eigenvalue weighted by molar-refractivity contribution is 4.77. The van der Waals surface area contributed by atoms with Gasteiger partial charge in [0.05, 0.1) is 5.76 Å². The lowest BCUT2D eigenvalue weighted by Gasteiger charge is -2.04. The molecule has 0 aromatic carbocycles. The van der Waals surface area contributed by atoms with Crippen LogP contribution in [0.3, 0.4) is 0 Å². The van der Waals surface area contributed by atoms with Gasteiger partial charge in [-0.05, 0) is 19.8 Å². The van der Waals surface area contributed by atoms with Gasteiger partial charge in [0.25, 0.3) is 0 Å². The van der Waals surface area contributed by atoms with Crippen molar-refractivity contribution < 1.29 is 5.11 Å². The third kappa shape index (κ3) is 11.5. The lowest BCUT2D eigenvalue weighted by Crippen LogP contribution is -2.13. The van der Waals surface area contributed by atoms with E-state index in [2.05, 4.69) is 13.5 Å². The molecule has 2 heteroatoms. The molecule has 84 valence electrons. The van der Waals surface area contributed by atoms with Gasteiger partial charge in [-0.1, -0.05) is 38.7 Å². The van der Waals surface area contributed by atoms with E-state index in [0.29, 0.717) is 11.8 Å². The lowest BCUT2D eigenvalue weighted by molar-refractivity contribution is 0.383. The Balaban J connectivity index is 2.96. The van der Waals surface area contributed by atoms with Crippen LogP contribution in [0.5, 0.6) is 0 Å². The summed E-state index contributed by atoms with van der Waals surface area (Å²) in [4.78, 5) is 0. The van der Waals surface area contributed by atoms with E-state index in [-0.39, 0.29) is 0 Å². The van der Waals surface area contributed by atoms with E-state index in [9.17, 15) is 0 Å². The number of aliphatic hydroxyl groups is 1. The van der Waals surface area contributed by atoms with Crippen molar-refractivity contribution in [3.63, 3.8) is 0 Å². The summed E-state index contributed by atoms with van der Waals surface area (Å²) in [6, 6.07) is 0.354. The van der Waals surface area contributed by atoms with Crippen LogP contribution >= 0.6 is 0 Å². The van der Waals surface area contributed by atoms with Crippen LogP contribution in [0.15, 0.2) is 12.3 Å².